The van der Waals surface area contributed by atoms with Crippen molar-refractivity contribution in [3.63, 3.8) is 0 Å². The Balaban J connectivity index is 2.23. The first-order valence-corrected chi connectivity index (χ1v) is 6.01. The summed E-state index contributed by atoms with van der Waals surface area (Å²) in [6, 6.07) is 13.4. The van der Waals surface area contributed by atoms with Crippen LogP contribution in [-0.4, -0.2) is 9.55 Å². The summed E-state index contributed by atoms with van der Waals surface area (Å²) in [6.07, 6.45) is 0. The number of fused-ring (bicyclic) bond motifs is 1. The molecule has 0 saturated heterocycles. The molecule has 90 valence electrons. The number of rotatable bonds is 1. The first-order valence-electron chi connectivity index (χ1n) is 5.63. The van der Waals surface area contributed by atoms with Crippen molar-refractivity contribution in [3.8, 4) is 11.4 Å². The zero-order valence-corrected chi connectivity index (χ0v) is 10.6. The van der Waals surface area contributed by atoms with Crippen LogP contribution in [0, 0.1) is 0 Å². The van der Waals surface area contributed by atoms with Crippen LogP contribution in [0.1, 0.15) is 0 Å². The first-order chi connectivity index (χ1) is 8.65. The molecule has 0 fully saturated rings. The average molecular weight is 258 g/mol. The number of hydrogen-bond acceptors (Lipinski definition) is 2. The molecule has 2 aromatic carbocycles. The zero-order valence-electron chi connectivity index (χ0n) is 9.89. The molecule has 0 saturated carbocycles. The van der Waals surface area contributed by atoms with E-state index >= 15 is 0 Å². The van der Waals surface area contributed by atoms with E-state index in [1.807, 2.05) is 49.5 Å². The number of anilines is 1. The second-order valence-electron chi connectivity index (χ2n) is 4.25. The van der Waals surface area contributed by atoms with Gasteiger partial charge >= 0.3 is 0 Å². The van der Waals surface area contributed by atoms with E-state index in [4.69, 9.17) is 17.3 Å². The van der Waals surface area contributed by atoms with Crippen LogP contribution in [0.15, 0.2) is 42.5 Å². The zero-order chi connectivity index (χ0) is 12.7. The number of benzene rings is 2. The summed E-state index contributed by atoms with van der Waals surface area (Å²) in [7, 11) is 1.99. The Kier molecular flexibility index (Phi) is 2.49. The Morgan fingerprint density at radius 3 is 2.56 bits per heavy atom. The Hall–Kier alpha value is -2.00. The standard InChI is InChI=1S/C14H12ClN3/c1-18-13-7-4-10(15)8-12(13)17-14(18)9-2-5-11(16)6-3-9/h2-8H,16H2,1H3. The topological polar surface area (TPSA) is 43.8 Å². The number of halogens is 1. The molecule has 0 unspecified atom stereocenters. The van der Waals surface area contributed by atoms with Gasteiger partial charge < -0.3 is 10.3 Å². The van der Waals surface area contributed by atoms with Crippen LogP contribution in [0.25, 0.3) is 22.4 Å². The third-order valence-corrected chi connectivity index (χ3v) is 3.25. The largest absolute Gasteiger partial charge is 0.399 e. The van der Waals surface area contributed by atoms with E-state index in [1.54, 1.807) is 0 Å². The van der Waals surface area contributed by atoms with Gasteiger partial charge in [0.05, 0.1) is 11.0 Å². The molecule has 4 heteroatoms. The van der Waals surface area contributed by atoms with Crippen molar-refractivity contribution in [1.29, 1.82) is 0 Å². The van der Waals surface area contributed by atoms with Crippen LogP contribution in [0.3, 0.4) is 0 Å². The van der Waals surface area contributed by atoms with Gasteiger partial charge in [0.2, 0.25) is 0 Å². The number of nitrogens with two attached hydrogens (primary N) is 1. The Morgan fingerprint density at radius 1 is 1.11 bits per heavy atom. The van der Waals surface area contributed by atoms with Gasteiger partial charge in [0, 0.05) is 23.3 Å². The fraction of sp³-hybridized carbons (Fsp3) is 0.0714. The summed E-state index contributed by atoms with van der Waals surface area (Å²) >= 11 is 5.98. The molecule has 0 bridgehead atoms. The SMILES string of the molecule is Cn1c(-c2ccc(N)cc2)nc2cc(Cl)ccc21. The lowest BCUT2D eigenvalue weighted by Gasteiger charge is -2.02. The molecular formula is C14H12ClN3. The van der Waals surface area contributed by atoms with Gasteiger partial charge in [-0.2, -0.15) is 0 Å². The molecule has 1 heterocycles. The third kappa shape index (κ3) is 1.73. The highest BCUT2D eigenvalue weighted by Crippen LogP contribution is 2.26. The lowest BCUT2D eigenvalue weighted by Crippen LogP contribution is -1.92. The van der Waals surface area contributed by atoms with E-state index in [0.29, 0.717) is 5.02 Å². The number of imidazole rings is 1. The highest BCUT2D eigenvalue weighted by Gasteiger charge is 2.09. The van der Waals surface area contributed by atoms with Gasteiger partial charge in [-0.15, -0.1) is 0 Å². The van der Waals surface area contributed by atoms with Crippen LogP contribution in [0.5, 0.6) is 0 Å². The van der Waals surface area contributed by atoms with E-state index in [2.05, 4.69) is 9.55 Å². The van der Waals surface area contributed by atoms with E-state index in [1.165, 1.54) is 0 Å². The minimum Gasteiger partial charge on any atom is -0.399 e. The van der Waals surface area contributed by atoms with Crippen molar-refractivity contribution < 1.29 is 0 Å². The summed E-state index contributed by atoms with van der Waals surface area (Å²) in [6.45, 7) is 0. The van der Waals surface area contributed by atoms with Crippen molar-refractivity contribution in [1.82, 2.24) is 9.55 Å². The number of nitrogens with zero attached hydrogens (tertiary/aromatic N) is 2. The molecule has 3 aromatic rings. The normalized spacial score (nSPS) is 11.0. The van der Waals surface area contributed by atoms with Gasteiger partial charge in [-0.25, -0.2) is 4.98 Å². The number of nitrogen functional groups attached to an aromatic ring is 1. The number of aryl methyl sites for hydroxylation is 1. The van der Waals surface area contributed by atoms with E-state index in [0.717, 1.165) is 28.1 Å². The third-order valence-electron chi connectivity index (χ3n) is 3.01. The molecule has 0 aliphatic heterocycles. The average Bonchev–Trinajstić information content (AvgIpc) is 2.67. The molecule has 0 amide bonds. The lowest BCUT2D eigenvalue weighted by atomic mass is 10.2. The minimum absolute atomic E-state index is 0.699. The molecule has 2 N–H and O–H groups in total. The molecule has 0 aliphatic carbocycles. The minimum atomic E-state index is 0.699. The van der Waals surface area contributed by atoms with Gasteiger partial charge in [-0.05, 0) is 42.5 Å². The van der Waals surface area contributed by atoms with Crippen molar-refractivity contribution in [2.24, 2.45) is 7.05 Å². The molecule has 18 heavy (non-hydrogen) atoms. The maximum Gasteiger partial charge on any atom is 0.140 e. The van der Waals surface area contributed by atoms with Crippen molar-refractivity contribution in [2.75, 3.05) is 5.73 Å². The summed E-state index contributed by atoms with van der Waals surface area (Å²) in [4.78, 5) is 4.61. The van der Waals surface area contributed by atoms with Gasteiger partial charge in [-0.1, -0.05) is 11.6 Å². The second-order valence-corrected chi connectivity index (χ2v) is 4.69. The molecule has 3 rings (SSSR count). The van der Waals surface area contributed by atoms with Crippen LogP contribution in [0.4, 0.5) is 5.69 Å². The smallest absolute Gasteiger partial charge is 0.140 e. The van der Waals surface area contributed by atoms with Gasteiger partial charge in [0.15, 0.2) is 0 Å². The van der Waals surface area contributed by atoms with Crippen molar-refractivity contribution >= 4 is 28.3 Å². The van der Waals surface area contributed by atoms with E-state index in [9.17, 15) is 0 Å². The van der Waals surface area contributed by atoms with Crippen LogP contribution in [-0.2, 0) is 7.05 Å². The molecule has 0 spiro atoms. The van der Waals surface area contributed by atoms with Gasteiger partial charge in [-0.3, -0.25) is 0 Å². The lowest BCUT2D eigenvalue weighted by molar-refractivity contribution is 0.959. The summed E-state index contributed by atoms with van der Waals surface area (Å²) < 4.78 is 2.05. The Morgan fingerprint density at radius 2 is 1.83 bits per heavy atom. The van der Waals surface area contributed by atoms with Gasteiger partial charge in [0.1, 0.15) is 5.82 Å². The maximum absolute atomic E-state index is 5.98. The highest BCUT2D eigenvalue weighted by molar-refractivity contribution is 6.31. The van der Waals surface area contributed by atoms with Crippen molar-refractivity contribution in [3.05, 3.63) is 47.5 Å². The maximum atomic E-state index is 5.98. The van der Waals surface area contributed by atoms with E-state index < -0.39 is 0 Å². The molecule has 0 atom stereocenters. The predicted octanol–water partition coefficient (Wildman–Crippen LogP) is 3.48. The summed E-state index contributed by atoms with van der Waals surface area (Å²) in [5.41, 5.74) is 9.45. The number of hydrogen-bond donors (Lipinski definition) is 1. The molecule has 0 radical (unpaired) electrons. The monoisotopic (exact) mass is 257 g/mol. The number of aromatic nitrogens is 2. The summed E-state index contributed by atoms with van der Waals surface area (Å²) in [5.74, 6) is 0.910. The second kappa shape index (κ2) is 4.03. The quantitative estimate of drug-likeness (QED) is 0.679. The van der Waals surface area contributed by atoms with Gasteiger partial charge in [0.25, 0.3) is 0 Å². The highest BCUT2D eigenvalue weighted by atomic mass is 35.5. The molecule has 0 aliphatic rings. The fourth-order valence-electron chi connectivity index (χ4n) is 2.06. The summed E-state index contributed by atoms with van der Waals surface area (Å²) in [5, 5.41) is 0.699. The van der Waals surface area contributed by atoms with Crippen LogP contribution in [0.2, 0.25) is 5.02 Å². The van der Waals surface area contributed by atoms with Crippen LogP contribution < -0.4 is 5.73 Å². The predicted molar refractivity (Wildman–Crippen MR) is 75.6 cm³/mol. The Labute approximate surface area is 110 Å². The van der Waals surface area contributed by atoms with Crippen LogP contribution >= 0.6 is 11.6 Å². The fourth-order valence-corrected chi connectivity index (χ4v) is 2.23. The molecular weight excluding hydrogens is 246 g/mol. The molecule has 3 nitrogen and oxygen atoms in total. The van der Waals surface area contributed by atoms with Crippen molar-refractivity contribution in [2.45, 2.75) is 0 Å². The Bertz CT molecular complexity index is 714. The van der Waals surface area contributed by atoms with E-state index in [-0.39, 0.29) is 0 Å². The molecule has 1 aromatic heterocycles. The first kappa shape index (κ1) is 11.1.